The molecule has 1 fully saturated rings. The van der Waals surface area contributed by atoms with Gasteiger partial charge in [-0.25, -0.2) is 0 Å². The molecular weight excluding hydrogens is 420 g/mol. The Hall–Kier alpha value is -3.29. The number of fused-ring (bicyclic) bond motifs is 2. The number of hydrogen-bond acceptors (Lipinski definition) is 12. The van der Waals surface area contributed by atoms with E-state index in [2.05, 4.69) is 0 Å². The third-order valence-corrected chi connectivity index (χ3v) is 5.05. The predicted octanol–water partition coefficient (Wildman–Crippen LogP) is -1.05. The highest BCUT2D eigenvalue weighted by Crippen LogP contribution is 2.43. The summed E-state index contributed by atoms with van der Waals surface area (Å²) >= 11 is 0. The molecule has 4 rings (SSSR count). The highest BCUT2D eigenvalue weighted by Gasteiger charge is 2.45. The van der Waals surface area contributed by atoms with E-state index in [4.69, 9.17) is 13.9 Å². The van der Waals surface area contributed by atoms with Crippen molar-refractivity contribution in [3.63, 3.8) is 0 Å². The number of benzene rings is 2. The molecule has 2 aromatic carbocycles. The minimum absolute atomic E-state index is 0.130. The van der Waals surface area contributed by atoms with E-state index in [-0.39, 0.29) is 16.6 Å². The van der Waals surface area contributed by atoms with Gasteiger partial charge in [-0.3, -0.25) is 4.79 Å². The molecule has 0 unspecified atom stereocenters. The first-order chi connectivity index (χ1) is 14.6. The van der Waals surface area contributed by atoms with Crippen molar-refractivity contribution >= 4 is 21.9 Å². The maximum Gasteiger partial charge on any atom is 0.229 e. The highest BCUT2D eigenvalue weighted by molar-refractivity contribution is 5.96. The third-order valence-electron chi connectivity index (χ3n) is 5.05. The second-order valence-corrected chi connectivity index (χ2v) is 7.03. The van der Waals surface area contributed by atoms with E-state index in [9.17, 15) is 45.6 Å². The summed E-state index contributed by atoms with van der Waals surface area (Å²) in [6.45, 7) is -0.730. The van der Waals surface area contributed by atoms with Crippen LogP contribution in [0.25, 0.3) is 21.9 Å². The summed E-state index contributed by atoms with van der Waals surface area (Å²) in [7, 11) is 0. The Kier molecular flexibility index (Phi) is 5.03. The summed E-state index contributed by atoms with van der Waals surface area (Å²) in [6.07, 6.45) is -8.30. The zero-order chi connectivity index (χ0) is 22.6. The lowest BCUT2D eigenvalue weighted by Gasteiger charge is -2.39. The fourth-order valence-electron chi connectivity index (χ4n) is 3.38. The number of ether oxygens (including phenoxy) is 2. The number of phenolic OH excluding ortho intramolecular Hbond substituents is 4. The van der Waals surface area contributed by atoms with Crippen LogP contribution in [0.1, 0.15) is 0 Å². The first-order valence-corrected chi connectivity index (χ1v) is 8.98. The van der Waals surface area contributed by atoms with Crippen molar-refractivity contribution in [3.05, 3.63) is 28.4 Å². The molecule has 1 aliphatic heterocycles. The van der Waals surface area contributed by atoms with Crippen LogP contribution in [-0.2, 0) is 4.74 Å². The molecule has 12 heteroatoms. The van der Waals surface area contributed by atoms with Gasteiger partial charge in [0.2, 0.25) is 17.5 Å². The second-order valence-electron chi connectivity index (χ2n) is 7.03. The van der Waals surface area contributed by atoms with Crippen LogP contribution in [0.5, 0.6) is 28.7 Å². The van der Waals surface area contributed by atoms with Gasteiger partial charge in [0.15, 0.2) is 23.0 Å². The van der Waals surface area contributed by atoms with Crippen molar-refractivity contribution in [2.24, 2.45) is 0 Å². The summed E-state index contributed by atoms with van der Waals surface area (Å²) in [6, 6.07) is 2.84. The third kappa shape index (κ3) is 3.26. The van der Waals surface area contributed by atoms with Gasteiger partial charge in [-0.15, -0.1) is 0 Å². The van der Waals surface area contributed by atoms with Crippen LogP contribution in [0.2, 0.25) is 0 Å². The number of hydrogen-bond donors (Lipinski definition) is 8. The Morgan fingerprint density at radius 1 is 0.871 bits per heavy atom. The molecule has 166 valence electrons. The first-order valence-electron chi connectivity index (χ1n) is 8.98. The minimum Gasteiger partial charge on any atom is -0.504 e. The van der Waals surface area contributed by atoms with E-state index >= 15 is 0 Å². The standard InChI is InChI=1S/C19H18O12/c20-4-11-14(25)16(27)17(28)19(30-11)31-18-8(23)3-10-12(15(18)26)13(24)5-1-6(21)7(22)2-9(5)29-10/h1-3,11,14,16-17,19-23,25-28H,4H2/t11-,14-,16+,17-,19-/m1/s1. The molecule has 2 heterocycles. The van der Waals surface area contributed by atoms with Crippen LogP contribution in [0.3, 0.4) is 0 Å². The molecule has 1 aliphatic rings. The molecule has 1 saturated heterocycles. The normalized spacial score (nSPS) is 26.4. The van der Waals surface area contributed by atoms with Gasteiger partial charge in [-0.2, -0.15) is 0 Å². The quantitative estimate of drug-likeness (QED) is 0.182. The van der Waals surface area contributed by atoms with E-state index < -0.39 is 76.9 Å². The fourth-order valence-corrected chi connectivity index (χ4v) is 3.38. The van der Waals surface area contributed by atoms with Crippen molar-refractivity contribution in [2.75, 3.05) is 6.61 Å². The summed E-state index contributed by atoms with van der Waals surface area (Å²) < 4.78 is 15.9. The molecule has 0 radical (unpaired) electrons. The molecule has 1 aromatic heterocycles. The molecular formula is C19H18O12. The van der Waals surface area contributed by atoms with Crippen LogP contribution in [0, 0.1) is 0 Å². The average molecular weight is 438 g/mol. The van der Waals surface area contributed by atoms with Crippen molar-refractivity contribution in [3.8, 4) is 28.7 Å². The summed E-state index contributed by atoms with van der Waals surface area (Å²) in [5.41, 5.74) is -1.24. The maximum absolute atomic E-state index is 12.8. The molecule has 0 bridgehead atoms. The topological polar surface area (TPSA) is 211 Å². The van der Waals surface area contributed by atoms with Gasteiger partial charge in [-0.05, 0) is 6.07 Å². The zero-order valence-electron chi connectivity index (χ0n) is 15.5. The van der Waals surface area contributed by atoms with Gasteiger partial charge in [0, 0.05) is 12.1 Å². The second kappa shape index (κ2) is 7.44. The Morgan fingerprint density at radius 3 is 2.19 bits per heavy atom. The SMILES string of the molecule is O=c1c2cc(O)c(O)cc2oc2cc(O)c(O[C@H]3O[C@H](CO)[C@@H](O)[C@H](O)[C@H]3O)c(O)c12. The van der Waals surface area contributed by atoms with Gasteiger partial charge in [0.25, 0.3) is 0 Å². The van der Waals surface area contributed by atoms with Gasteiger partial charge in [0.05, 0.1) is 12.0 Å². The summed E-state index contributed by atoms with van der Waals surface area (Å²) in [5.74, 6) is -3.48. The molecule has 3 aromatic rings. The first kappa shape index (κ1) is 21.0. The van der Waals surface area contributed by atoms with E-state index in [0.29, 0.717) is 0 Å². The summed E-state index contributed by atoms with van der Waals surface area (Å²) in [5, 5.41) is 78.5. The monoisotopic (exact) mass is 438 g/mol. The number of aromatic hydroxyl groups is 4. The van der Waals surface area contributed by atoms with Crippen molar-refractivity contribution in [1.29, 1.82) is 0 Å². The number of aliphatic hydroxyl groups is 4. The van der Waals surface area contributed by atoms with Crippen LogP contribution in [0.4, 0.5) is 0 Å². The molecule has 12 nitrogen and oxygen atoms in total. The van der Waals surface area contributed by atoms with Gasteiger partial charge in [-0.1, -0.05) is 0 Å². The molecule has 8 N–H and O–H groups in total. The van der Waals surface area contributed by atoms with E-state index in [0.717, 1.165) is 18.2 Å². The molecule has 0 aliphatic carbocycles. The van der Waals surface area contributed by atoms with Crippen LogP contribution >= 0.6 is 0 Å². The van der Waals surface area contributed by atoms with Crippen LogP contribution in [-0.4, -0.2) is 78.2 Å². The van der Waals surface area contributed by atoms with E-state index in [1.165, 1.54) is 0 Å². The molecule has 0 spiro atoms. The Labute approximate surface area is 172 Å². The lowest BCUT2D eigenvalue weighted by atomic mass is 9.99. The highest BCUT2D eigenvalue weighted by atomic mass is 16.7. The van der Waals surface area contributed by atoms with E-state index in [1.807, 2.05) is 0 Å². The molecule has 31 heavy (non-hydrogen) atoms. The minimum atomic E-state index is -1.83. The maximum atomic E-state index is 12.8. The smallest absolute Gasteiger partial charge is 0.229 e. The Balaban J connectivity index is 1.84. The molecule has 0 saturated carbocycles. The van der Waals surface area contributed by atoms with Gasteiger partial charge in [0.1, 0.15) is 41.0 Å². The predicted molar refractivity (Wildman–Crippen MR) is 101 cm³/mol. The fraction of sp³-hybridized carbons (Fsp3) is 0.316. The van der Waals surface area contributed by atoms with Gasteiger partial charge < -0.3 is 54.7 Å². The van der Waals surface area contributed by atoms with Crippen LogP contribution in [0.15, 0.2) is 27.4 Å². The number of rotatable bonds is 3. The lowest BCUT2D eigenvalue weighted by molar-refractivity contribution is -0.277. The number of aliphatic hydroxyl groups excluding tert-OH is 4. The Bertz CT molecular complexity index is 1220. The zero-order valence-corrected chi connectivity index (χ0v) is 15.5. The molecule has 5 atom stereocenters. The average Bonchev–Trinajstić information content (AvgIpc) is 2.72. The summed E-state index contributed by atoms with van der Waals surface area (Å²) in [4.78, 5) is 12.8. The lowest BCUT2D eigenvalue weighted by Crippen LogP contribution is -2.60. The van der Waals surface area contributed by atoms with Crippen molar-refractivity contribution < 1.29 is 54.7 Å². The molecule has 0 amide bonds. The Morgan fingerprint density at radius 2 is 1.52 bits per heavy atom. The van der Waals surface area contributed by atoms with Gasteiger partial charge >= 0.3 is 0 Å². The van der Waals surface area contributed by atoms with Crippen molar-refractivity contribution in [1.82, 2.24) is 0 Å². The van der Waals surface area contributed by atoms with E-state index in [1.54, 1.807) is 0 Å². The number of phenols is 4. The largest absolute Gasteiger partial charge is 0.504 e. The van der Waals surface area contributed by atoms with Crippen LogP contribution < -0.4 is 10.2 Å². The van der Waals surface area contributed by atoms with Crippen molar-refractivity contribution in [2.45, 2.75) is 30.7 Å².